The summed E-state index contributed by atoms with van der Waals surface area (Å²) in [5, 5.41) is 9.83. The average Bonchev–Trinajstić information content (AvgIpc) is 2.72. The van der Waals surface area contributed by atoms with Gasteiger partial charge in [0.2, 0.25) is 5.78 Å². The maximum absolute atomic E-state index is 11.7. The number of Topliss-reactive ketones (excluding diaryl/α,β-unsaturated/α-hetero) is 1. The number of carbonyl (C=O) groups excluding carboxylic acids is 2. The smallest absolute Gasteiger partial charge is 0.235 e. The molecule has 0 aliphatic heterocycles. The molecule has 0 aromatic heterocycles. The van der Waals surface area contributed by atoms with Crippen molar-refractivity contribution < 1.29 is 19.4 Å². The Hall–Kier alpha value is -2.62. The number of hydrogen-bond donors (Lipinski definition) is 1. The van der Waals surface area contributed by atoms with Gasteiger partial charge in [0.1, 0.15) is 11.3 Å². The van der Waals surface area contributed by atoms with E-state index in [1.165, 1.54) is 13.2 Å². The highest BCUT2D eigenvalue weighted by Gasteiger charge is 2.32. The first-order valence-electron chi connectivity index (χ1n) is 5.64. The van der Waals surface area contributed by atoms with Gasteiger partial charge in [-0.05, 0) is 11.6 Å². The van der Waals surface area contributed by atoms with Gasteiger partial charge in [-0.2, -0.15) is 0 Å². The average molecular weight is 256 g/mol. The number of aliphatic hydroxyl groups is 1. The minimum absolute atomic E-state index is 0.0559. The van der Waals surface area contributed by atoms with Crippen LogP contribution in [0.3, 0.4) is 0 Å². The van der Waals surface area contributed by atoms with E-state index < -0.39 is 11.6 Å². The van der Waals surface area contributed by atoms with Gasteiger partial charge in [0.05, 0.1) is 7.11 Å². The second-order valence-electron chi connectivity index (χ2n) is 3.91. The molecule has 0 heterocycles. The van der Waals surface area contributed by atoms with Crippen LogP contribution in [0.4, 0.5) is 0 Å². The number of rotatable bonds is 3. The maximum atomic E-state index is 11.7. The van der Waals surface area contributed by atoms with Crippen LogP contribution < -0.4 is 0 Å². The molecule has 1 aromatic carbocycles. The highest BCUT2D eigenvalue weighted by molar-refractivity contribution is 6.35. The molecule has 0 bridgehead atoms. The molecule has 0 fully saturated rings. The molecule has 0 amide bonds. The Balaban J connectivity index is 2.27. The van der Waals surface area contributed by atoms with Crippen molar-refractivity contribution in [1.82, 2.24) is 0 Å². The quantitative estimate of drug-likeness (QED) is 0.511. The third-order valence-electron chi connectivity index (χ3n) is 2.67. The van der Waals surface area contributed by atoms with Gasteiger partial charge in [-0.25, -0.2) is 0 Å². The lowest BCUT2D eigenvalue weighted by molar-refractivity contribution is -0.117. The van der Waals surface area contributed by atoms with Gasteiger partial charge >= 0.3 is 0 Å². The summed E-state index contributed by atoms with van der Waals surface area (Å²) < 4.78 is 4.76. The van der Waals surface area contributed by atoms with Gasteiger partial charge in [-0.3, -0.25) is 9.59 Å². The molecular formula is C15H12O4. The van der Waals surface area contributed by atoms with Crippen molar-refractivity contribution in [2.45, 2.75) is 0 Å². The van der Waals surface area contributed by atoms with Gasteiger partial charge < -0.3 is 9.84 Å². The molecular weight excluding hydrogens is 244 g/mol. The van der Waals surface area contributed by atoms with Crippen molar-refractivity contribution in [3.05, 3.63) is 65.1 Å². The first kappa shape index (κ1) is 12.8. The summed E-state index contributed by atoms with van der Waals surface area (Å²) >= 11 is 0. The van der Waals surface area contributed by atoms with Crippen LogP contribution in [0.2, 0.25) is 0 Å². The molecule has 1 aromatic rings. The Morgan fingerprint density at radius 1 is 1.21 bits per heavy atom. The summed E-state index contributed by atoms with van der Waals surface area (Å²) in [5.41, 5.74) is 0.594. The normalized spacial score (nSPS) is 17.8. The minimum Gasteiger partial charge on any atom is -0.507 e. The van der Waals surface area contributed by atoms with Crippen molar-refractivity contribution in [1.29, 1.82) is 0 Å². The van der Waals surface area contributed by atoms with Crippen LogP contribution >= 0.6 is 0 Å². The van der Waals surface area contributed by atoms with Gasteiger partial charge in [0.25, 0.3) is 0 Å². The van der Waals surface area contributed by atoms with Crippen LogP contribution in [-0.2, 0) is 14.3 Å². The van der Waals surface area contributed by atoms with E-state index in [-0.39, 0.29) is 17.1 Å². The third-order valence-corrected chi connectivity index (χ3v) is 2.67. The van der Waals surface area contributed by atoms with Crippen molar-refractivity contribution in [3.8, 4) is 0 Å². The van der Waals surface area contributed by atoms with E-state index in [2.05, 4.69) is 0 Å². The highest BCUT2D eigenvalue weighted by atomic mass is 16.5. The summed E-state index contributed by atoms with van der Waals surface area (Å²) in [6.45, 7) is 0. The van der Waals surface area contributed by atoms with E-state index in [4.69, 9.17) is 4.74 Å². The Bertz CT molecular complexity index is 606. The number of allylic oxidation sites excluding steroid dienone is 3. The fraction of sp³-hybridized carbons (Fsp3) is 0.0667. The number of ketones is 2. The number of methoxy groups -OCH3 is 1. The van der Waals surface area contributed by atoms with Gasteiger partial charge in [0, 0.05) is 6.08 Å². The summed E-state index contributed by atoms with van der Waals surface area (Å²) in [6.07, 6.45) is 4.02. The van der Waals surface area contributed by atoms with Gasteiger partial charge in [0.15, 0.2) is 11.5 Å². The monoisotopic (exact) mass is 256 g/mol. The second-order valence-corrected chi connectivity index (χ2v) is 3.91. The van der Waals surface area contributed by atoms with Crippen molar-refractivity contribution in [2.24, 2.45) is 0 Å². The zero-order valence-electron chi connectivity index (χ0n) is 10.3. The number of carbonyl (C=O) groups is 2. The molecule has 0 saturated heterocycles. The summed E-state index contributed by atoms with van der Waals surface area (Å²) in [6, 6.07) is 9.24. The summed E-state index contributed by atoms with van der Waals surface area (Å²) in [7, 11) is 1.30. The van der Waals surface area contributed by atoms with Gasteiger partial charge in [-0.1, -0.05) is 36.4 Å². The lowest BCUT2D eigenvalue weighted by Gasteiger charge is -1.99. The highest BCUT2D eigenvalue weighted by Crippen LogP contribution is 2.21. The molecule has 1 N–H and O–H groups in total. The zero-order valence-corrected chi connectivity index (χ0v) is 10.3. The number of benzene rings is 1. The number of aliphatic hydroxyl groups excluding tert-OH is 1. The Kier molecular flexibility index (Phi) is 3.61. The molecule has 0 unspecified atom stereocenters. The predicted octanol–water partition coefficient (Wildman–Crippen LogP) is 2.19. The molecule has 0 spiro atoms. The van der Waals surface area contributed by atoms with Gasteiger partial charge in [-0.15, -0.1) is 0 Å². The fourth-order valence-corrected chi connectivity index (χ4v) is 1.71. The first-order chi connectivity index (χ1) is 9.13. The van der Waals surface area contributed by atoms with E-state index in [0.717, 1.165) is 11.6 Å². The van der Waals surface area contributed by atoms with E-state index in [1.54, 1.807) is 6.08 Å². The Morgan fingerprint density at radius 2 is 1.89 bits per heavy atom. The molecule has 0 radical (unpaired) electrons. The van der Waals surface area contributed by atoms with Crippen LogP contribution in [-0.4, -0.2) is 23.8 Å². The number of ether oxygens (including phenoxy) is 1. The van der Waals surface area contributed by atoms with E-state index in [1.807, 2.05) is 30.3 Å². The third kappa shape index (κ3) is 2.63. The predicted molar refractivity (Wildman–Crippen MR) is 70.2 cm³/mol. The SMILES string of the molecule is COC1=CC(=O)/C(=C(O)/C=C/c2ccccc2)C1=O. The summed E-state index contributed by atoms with van der Waals surface area (Å²) in [5.74, 6) is -1.55. The molecule has 2 rings (SSSR count). The molecule has 4 heteroatoms. The van der Waals surface area contributed by atoms with Crippen LogP contribution in [0.25, 0.3) is 6.08 Å². The topological polar surface area (TPSA) is 63.6 Å². The fourth-order valence-electron chi connectivity index (χ4n) is 1.71. The standard InChI is InChI=1S/C15H12O4/c1-19-13-9-12(17)14(15(13)18)11(16)8-7-10-5-3-2-4-6-10/h2-9,16H,1H3/b8-7+,14-11+. The van der Waals surface area contributed by atoms with Crippen LogP contribution in [0.1, 0.15) is 5.56 Å². The lowest BCUT2D eigenvalue weighted by atomic mass is 10.1. The molecule has 0 atom stereocenters. The largest absolute Gasteiger partial charge is 0.507 e. The van der Waals surface area contributed by atoms with Crippen LogP contribution in [0, 0.1) is 0 Å². The lowest BCUT2D eigenvalue weighted by Crippen LogP contribution is -2.07. The van der Waals surface area contributed by atoms with Crippen molar-refractivity contribution in [2.75, 3.05) is 7.11 Å². The minimum atomic E-state index is -0.595. The summed E-state index contributed by atoms with van der Waals surface area (Å²) in [4.78, 5) is 23.3. The van der Waals surface area contributed by atoms with E-state index >= 15 is 0 Å². The van der Waals surface area contributed by atoms with Crippen molar-refractivity contribution in [3.63, 3.8) is 0 Å². The molecule has 19 heavy (non-hydrogen) atoms. The van der Waals surface area contributed by atoms with Crippen molar-refractivity contribution >= 4 is 17.6 Å². The molecule has 0 saturated carbocycles. The Labute approximate surface area is 110 Å². The van der Waals surface area contributed by atoms with E-state index in [9.17, 15) is 14.7 Å². The van der Waals surface area contributed by atoms with Crippen LogP contribution in [0.5, 0.6) is 0 Å². The number of hydrogen-bond acceptors (Lipinski definition) is 4. The molecule has 1 aliphatic rings. The second kappa shape index (κ2) is 5.35. The molecule has 1 aliphatic carbocycles. The van der Waals surface area contributed by atoms with Crippen LogP contribution in [0.15, 0.2) is 59.6 Å². The molecule has 96 valence electrons. The molecule has 4 nitrogen and oxygen atoms in total. The first-order valence-corrected chi connectivity index (χ1v) is 5.64. The van der Waals surface area contributed by atoms with E-state index in [0.29, 0.717) is 0 Å². The zero-order chi connectivity index (χ0) is 13.8. The Morgan fingerprint density at radius 3 is 2.47 bits per heavy atom. The maximum Gasteiger partial charge on any atom is 0.235 e.